The van der Waals surface area contributed by atoms with Crippen molar-refractivity contribution in [1.29, 1.82) is 0 Å². The van der Waals surface area contributed by atoms with Crippen molar-refractivity contribution in [3.63, 3.8) is 0 Å². The second kappa shape index (κ2) is 7.19. The molecule has 2 unspecified atom stereocenters. The molecule has 1 N–H and O–H groups in total. The largest absolute Gasteiger partial charge is 0.507 e. The van der Waals surface area contributed by atoms with Crippen LogP contribution in [-0.2, 0) is 0 Å². The SMILES string of the molecule is Cc1ccc2c(N3CC4CC3CN4c3ccc(F)cc3)nc(-c3ccccc3O)nc2c1. The zero-order chi connectivity index (χ0) is 21.8. The van der Waals surface area contributed by atoms with Gasteiger partial charge in [-0.3, -0.25) is 0 Å². The summed E-state index contributed by atoms with van der Waals surface area (Å²) in [7, 11) is 0. The highest BCUT2D eigenvalue weighted by Gasteiger charge is 2.44. The lowest BCUT2D eigenvalue weighted by atomic mass is 10.1. The van der Waals surface area contributed by atoms with Gasteiger partial charge in [-0.25, -0.2) is 14.4 Å². The van der Waals surface area contributed by atoms with Gasteiger partial charge in [0.15, 0.2) is 5.82 Å². The number of halogens is 1. The Bertz CT molecular complexity index is 1320. The number of para-hydroxylation sites is 1. The average molecular weight is 426 g/mol. The van der Waals surface area contributed by atoms with Crippen LogP contribution in [0, 0.1) is 12.7 Å². The maximum atomic E-state index is 13.4. The molecule has 2 aliphatic heterocycles. The molecule has 0 spiro atoms. The van der Waals surface area contributed by atoms with E-state index in [9.17, 15) is 9.50 Å². The van der Waals surface area contributed by atoms with Gasteiger partial charge in [0.05, 0.1) is 17.1 Å². The smallest absolute Gasteiger partial charge is 0.165 e. The van der Waals surface area contributed by atoms with Crippen LogP contribution in [0.3, 0.4) is 0 Å². The number of hydrogen-bond donors (Lipinski definition) is 1. The molecule has 0 aliphatic carbocycles. The monoisotopic (exact) mass is 426 g/mol. The summed E-state index contributed by atoms with van der Waals surface area (Å²) in [5.74, 6) is 1.42. The summed E-state index contributed by atoms with van der Waals surface area (Å²) in [6.07, 6.45) is 1.04. The lowest BCUT2D eigenvalue weighted by Crippen LogP contribution is -2.47. The van der Waals surface area contributed by atoms with Crippen molar-refractivity contribution in [2.45, 2.75) is 25.4 Å². The lowest BCUT2D eigenvalue weighted by Gasteiger charge is -2.36. The molecule has 160 valence electrons. The Morgan fingerprint density at radius 2 is 1.66 bits per heavy atom. The highest BCUT2D eigenvalue weighted by Crippen LogP contribution is 2.40. The van der Waals surface area contributed by atoms with Gasteiger partial charge in [0.2, 0.25) is 0 Å². The van der Waals surface area contributed by atoms with Crippen LogP contribution in [0.4, 0.5) is 15.9 Å². The molecule has 4 aromatic rings. The molecule has 2 atom stereocenters. The van der Waals surface area contributed by atoms with E-state index in [1.54, 1.807) is 12.1 Å². The number of phenolic OH excluding ortho intramolecular Hbond substituents is 1. The van der Waals surface area contributed by atoms with E-state index >= 15 is 0 Å². The van der Waals surface area contributed by atoms with Gasteiger partial charge in [-0.2, -0.15) is 0 Å². The number of phenols is 1. The van der Waals surface area contributed by atoms with Crippen LogP contribution < -0.4 is 9.80 Å². The van der Waals surface area contributed by atoms with Crippen molar-refractivity contribution < 1.29 is 9.50 Å². The molecular weight excluding hydrogens is 403 g/mol. The molecule has 2 aliphatic rings. The summed E-state index contributed by atoms with van der Waals surface area (Å²) in [5, 5.41) is 11.4. The molecule has 0 saturated carbocycles. The minimum atomic E-state index is -0.209. The van der Waals surface area contributed by atoms with E-state index in [-0.39, 0.29) is 11.6 Å². The van der Waals surface area contributed by atoms with Crippen LogP contribution in [-0.4, -0.2) is 40.2 Å². The fourth-order valence-electron chi connectivity index (χ4n) is 5.10. The molecule has 3 aromatic carbocycles. The number of aryl methyl sites for hydroxylation is 1. The molecule has 2 fully saturated rings. The van der Waals surface area contributed by atoms with Crippen molar-refractivity contribution in [3.8, 4) is 17.1 Å². The summed E-state index contributed by atoms with van der Waals surface area (Å²) in [5.41, 5.74) is 3.72. The number of anilines is 2. The van der Waals surface area contributed by atoms with E-state index in [4.69, 9.17) is 9.97 Å². The van der Waals surface area contributed by atoms with Gasteiger partial charge in [0.1, 0.15) is 17.4 Å². The topological polar surface area (TPSA) is 52.5 Å². The number of aromatic hydroxyl groups is 1. The molecule has 0 radical (unpaired) electrons. The third-order valence-corrected chi connectivity index (χ3v) is 6.65. The first-order chi connectivity index (χ1) is 15.6. The van der Waals surface area contributed by atoms with Gasteiger partial charge in [-0.15, -0.1) is 0 Å². The Balaban J connectivity index is 1.41. The molecule has 2 bridgehead atoms. The van der Waals surface area contributed by atoms with E-state index in [2.05, 4.69) is 34.9 Å². The molecule has 5 nitrogen and oxygen atoms in total. The average Bonchev–Trinajstić information content (AvgIpc) is 3.40. The fraction of sp³-hybridized carbons (Fsp3) is 0.231. The number of aromatic nitrogens is 2. The van der Waals surface area contributed by atoms with E-state index in [1.165, 1.54) is 12.1 Å². The number of hydrogen-bond acceptors (Lipinski definition) is 5. The number of rotatable bonds is 3. The summed E-state index contributed by atoms with van der Waals surface area (Å²) in [6, 6.07) is 20.9. The molecule has 6 heteroatoms. The molecule has 32 heavy (non-hydrogen) atoms. The molecule has 2 saturated heterocycles. The van der Waals surface area contributed by atoms with Crippen LogP contribution in [0.1, 0.15) is 12.0 Å². The first-order valence-electron chi connectivity index (χ1n) is 10.9. The predicted molar refractivity (Wildman–Crippen MR) is 125 cm³/mol. The van der Waals surface area contributed by atoms with Gasteiger partial charge in [0.25, 0.3) is 0 Å². The number of piperazine rings is 1. The zero-order valence-electron chi connectivity index (χ0n) is 17.7. The van der Waals surface area contributed by atoms with Crippen LogP contribution in [0.5, 0.6) is 5.75 Å². The third-order valence-electron chi connectivity index (χ3n) is 6.65. The Kier molecular flexibility index (Phi) is 4.28. The van der Waals surface area contributed by atoms with Gasteiger partial charge in [0, 0.05) is 30.2 Å². The number of nitrogens with zero attached hydrogens (tertiary/aromatic N) is 4. The highest BCUT2D eigenvalue weighted by atomic mass is 19.1. The molecule has 0 amide bonds. The fourth-order valence-corrected chi connectivity index (χ4v) is 5.10. The second-order valence-electron chi connectivity index (χ2n) is 8.73. The lowest BCUT2D eigenvalue weighted by molar-refractivity contribution is 0.477. The van der Waals surface area contributed by atoms with Gasteiger partial charge >= 0.3 is 0 Å². The first kappa shape index (κ1) is 19.0. The molecular formula is C26H23FN4O. The van der Waals surface area contributed by atoms with Gasteiger partial charge < -0.3 is 14.9 Å². The number of fused-ring (bicyclic) bond motifs is 3. The van der Waals surface area contributed by atoms with Crippen molar-refractivity contribution in [2.24, 2.45) is 0 Å². The molecule has 6 rings (SSSR count). The Labute approximate surface area is 185 Å². The minimum absolute atomic E-state index is 0.177. The van der Waals surface area contributed by atoms with Gasteiger partial charge in [-0.1, -0.05) is 18.2 Å². The molecule has 1 aromatic heterocycles. The second-order valence-corrected chi connectivity index (χ2v) is 8.73. The quantitative estimate of drug-likeness (QED) is 0.504. The van der Waals surface area contributed by atoms with E-state index < -0.39 is 0 Å². The Morgan fingerprint density at radius 3 is 2.41 bits per heavy atom. The Morgan fingerprint density at radius 1 is 0.906 bits per heavy atom. The zero-order valence-corrected chi connectivity index (χ0v) is 17.7. The standard InChI is InChI=1S/C26H23FN4O/c1-16-6-11-21-23(12-16)28-25(22-4-2-3-5-24(22)32)29-26(21)31-15-19-13-20(31)14-30(19)18-9-7-17(27)8-10-18/h2-12,19-20,32H,13-15H2,1H3. The maximum Gasteiger partial charge on any atom is 0.165 e. The summed E-state index contributed by atoms with van der Waals surface area (Å²) >= 11 is 0. The Hall–Kier alpha value is -3.67. The first-order valence-corrected chi connectivity index (χ1v) is 10.9. The van der Waals surface area contributed by atoms with E-state index in [1.807, 2.05) is 24.3 Å². The van der Waals surface area contributed by atoms with Crippen LogP contribution >= 0.6 is 0 Å². The van der Waals surface area contributed by atoms with Crippen molar-refractivity contribution >= 4 is 22.4 Å². The van der Waals surface area contributed by atoms with E-state index in [0.717, 1.165) is 47.5 Å². The van der Waals surface area contributed by atoms with Crippen molar-refractivity contribution in [1.82, 2.24) is 9.97 Å². The summed E-state index contributed by atoms with van der Waals surface area (Å²) in [6.45, 7) is 3.78. The maximum absolute atomic E-state index is 13.4. The predicted octanol–water partition coefficient (Wildman–Crippen LogP) is 4.92. The van der Waals surface area contributed by atoms with Crippen LogP contribution in [0.15, 0.2) is 66.7 Å². The molecule has 3 heterocycles. The van der Waals surface area contributed by atoms with Gasteiger partial charge in [-0.05, 0) is 67.4 Å². The highest BCUT2D eigenvalue weighted by molar-refractivity contribution is 5.92. The van der Waals surface area contributed by atoms with E-state index in [0.29, 0.717) is 23.5 Å². The normalized spacial score (nSPS) is 19.8. The summed E-state index contributed by atoms with van der Waals surface area (Å²) < 4.78 is 13.4. The minimum Gasteiger partial charge on any atom is -0.507 e. The van der Waals surface area contributed by atoms with Crippen LogP contribution in [0.25, 0.3) is 22.3 Å². The van der Waals surface area contributed by atoms with Crippen molar-refractivity contribution in [3.05, 3.63) is 78.1 Å². The van der Waals surface area contributed by atoms with Crippen molar-refractivity contribution in [2.75, 3.05) is 22.9 Å². The third kappa shape index (κ3) is 3.06. The van der Waals surface area contributed by atoms with Crippen LogP contribution in [0.2, 0.25) is 0 Å². The summed E-state index contributed by atoms with van der Waals surface area (Å²) in [4.78, 5) is 14.5. The number of benzene rings is 3.